The second kappa shape index (κ2) is 14.3. The highest BCUT2D eigenvalue weighted by Gasteiger charge is 2.23. The second-order valence-corrected chi connectivity index (χ2v) is 9.62. The zero-order valence-electron chi connectivity index (χ0n) is 19.7. The van der Waals surface area contributed by atoms with E-state index >= 15 is 0 Å². The zero-order chi connectivity index (χ0) is 23.3. The quantitative estimate of drug-likeness (QED) is 0.580. The van der Waals surface area contributed by atoms with Gasteiger partial charge in [0.25, 0.3) is 0 Å². The van der Waals surface area contributed by atoms with Crippen LogP contribution in [0.15, 0.2) is 0 Å². The Morgan fingerprint density at radius 1 is 0.968 bits per heavy atom. The maximum absolute atomic E-state index is 11.3. The van der Waals surface area contributed by atoms with E-state index in [9.17, 15) is 19.5 Å². The molecule has 2 rings (SSSR count). The van der Waals surface area contributed by atoms with Crippen molar-refractivity contribution in [1.82, 2.24) is 5.32 Å². The number of amides is 1. The molecule has 0 aromatic rings. The summed E-state index contributed by atoms with van der Waals surface area (Å²) in [6.45, 7) is 4.94. The van der Waals surface area contributed by atoms with E-state index in [1.807, 2.05) is 0 Å². The van der Waals surface area contributed by atoms with Gasteiger partial charge < -0.3 is 30.0 Å². The smallest absolute Gasteiger partial charge is 0.408 e. The van der Waals surface area contributed by atoms with Crippen LogP contribution in [0.1, 0.15) is 97.8 Å². The molecule has 8 heteroatoms. The van der Waals surface area contributed by atoms with Crippen LogP contribution < -0.4 is 15.7 Å². The topological polar surface area (TPSA) is 121 Å². The Labute approximate surface area is 186 Å². The van der Waals surface area contributed by atoms with E-state index in [2.05, 4.69) is 15.4 Å². The Morgan fingerprint density at radius 3 is 1.84 bits per heavy atom. The first-order valence-corrected chi connectivity index (χ1v) is 11.7. The molecular formula is C23H42N2O6. The minimum Gasteiger partial charge on any atom is -0.548 e. The number of carbonyl (C=O) groups excluding carboxylic acids is 3. The molecule has 0 spiro atoms. The lowest BCUT2D eigenvalue weighted by Crippen LogP contribution is -2.95. The first kappa shape index (κ1) is 27.2. The Kier molecular flexibility index (Phi) is 12.5. The van der Waals surface area contributed by atoms with Gasteiger partial charge in [-0.2, -0.15) is 0 Å². The van der Waals surface area contributed by atoms with Crippen LogP contribution in [0, 0.1) is 0 Å². The molecule has 0 radical (unpaired) electrons. The number of aliphatic carboxylic acids is 1. The van der Waals surface area contributed by atoms with E-state index in [0.29, 0.717) is 0 Å². The maximum Gasteiger partial charge on any atom is 0.408 e. The fraction of sp³-hybridized carbons (Fsp3) is 0.870. The number of rotatable bonds is 7. The second-order valence-electron chi connectivity index (χ2n) is 9.62. The van der Waals surface area contributed by atoms with Gasteiger partial charge >= 0.3 is 12.1 Å². The third-order valence-electron chi connectivity index (χ3n) is 5.68. The molecule has 1 amide bonds. The number of hydrogen-bond acceptors (Lipinski definition) is 6. The Hall–Kier alpha value is -1.83. The molecule has 0 unspecified atom stereocenters. The van der Waals surface area contributed by atoms with Crippen LogP contribution in [0.4, 0.5) is 4.79 Å². The predicted octanol–water partition coefficient (Wildman–Crippen LogP) is 1.80. The van der Waals surface area contributed by atoms with E-state index in [0.717, 1.165) is 12.1 Å². The van der Waals surface area contributed by atoms with Gasteiger partial charge in [0, 0.05) is 6.42 Å². The summed E-state index contributed by atoms with van der Waals surface area (Å²) < 4.78 is 9.26. The number of carboxylic acids is 1. The van der Waals surface area contributed by atoms with E-state index in [4.69, 9.17) is 4.74 Å². The van der Waals surface area contributed by atoms with Crippen LogP contribution >= 0.6 is 0 Å². The molecular weight excluding hydrogens is 400 g/mol. The summed E-state index contributed by atoms with van der Waals surface area (Å²) in [5.41, 5.74) is -0.733. The van der Waals surface area contributed by atoms with Crippen molar-refractivity contribution >= 4 is 18.0 Å². The van der Waals surface area contributed by atoms with E-state index in [1.54, 1.807) is 20.8 Å². The van der Waals surface area contributed by atoms with Gasteiger partial charge in [-0.3, -0.25) is 4.79 Å². The number of nitrogens with two attached hydrogens (primary N) is 1. The lowest BCUT2D eigenvalue weighted by molar-refractivity contribution is -0.725. The first-order valence-electron chi connectivity index (χ1n) is 11.7. The van der Waals surface area contributed by atoms with Crippen molar-refractivity contribution in [2.45, 2.75) is 122 Å². The van der Waals surface area contributed by atoms with Crippen LogP contribution in [0.25, 0.3) is 0 Å². The predicted molar refractivity (Wildman–Crippen MR) is 115 cm³/mol. The highest BCUT2D eigenvalue weighted by atomic mass is 16.6. The number of esters is 1. The molecule has 2 fully saturated rings. The molecule has 31 heavy (non-hydrogen) atoms. The Balaban J connectivity index is 0.000000323. The van der Waals surface area contributed by atoms with Crippen molar-refractivity contribution in [1.29, 1.82) is 0 Å². The van der Waals surface area contributed by atoms with Gasteiger partial charge in [-0.1, -0.05) is 12.8 Å². The van der Waals surface area contributed by atoms with Crippen molar-refractivity contribution in [2.24, 2.45) is 0 Å². The third kappa shape index (κ3) is 13.2. The average Bonchev–Trinajstić information content (AvgIpc) is 2.71. The summed E-state index contributed by atoms with van der Waals surface area (Å²) >= 11 is 0. The number of quaternary nitrogens is 1. The number of ether oxygens (including phenoxy) is 2. The minimum atomic E-state index is -1.48. The summed E-state index contributed by atoms with van der Waals surface area (Å²) in [6, 6.07) is 0.702. The van der Waals surface area contributed by atoms with Crippen LogP contribution in [0.5, 0.6) is 0 Å². The lowest BCUT2D eigenvalue weighted by Gasteiger charge is -2.27. The van der Waals surface area contributed by atoms with Gasteiger partial charge in [-0.05, 0) is 78.6 Å². The molecule has 0 saturated heterocycles. The van der Waals surface area contributed by atoms with Gasteiger partial charge in [0.1, 0.15) is 5.60 Å². The molecule has 8 nitrogen and oxygen atoms in total. The highest BCUT2D eigenvalue weighted by molar-refractivity contribution is 5.79. The molecule has 0 aromatic carbocycles. The fourth-order valence-electron chi connectivity index (χ4n) is 4.10. The van der Waals surface area contributed by atoms with Gasteiger partial charge in [-0.15, -0.1) is 0 Å². The molecule has 180 valence electrons. The van der Waals surface area contributed by atoms with Crippen molar-refractivity contribution < 1.29 is 34.3 Å². The van der Waals surface area contributed by atoms with Crippen LogP contribution in [-0.4, -0.2) is 48.9 Å². The van der Waals surface area contributed by atoms with Crippen LogP contribution in [-0.2, 0) is 19.1 Å². The molecule has 2 saturated carbocycles. The molecule has 2 aliphatic carbocycles. The standard InChI is InChI=1S/C12H23N.C11H19NO6/c1-3-7-11(8-4-1)13-12-9-5-2-6-10-12;1-11(2,3)18-10(16)12-7(9(14)15)5-6-8(13)17-4/h11-13H,1-10H2;7H,5-6H2,1-4H3,(H,12,16)(H,14,15)/t;7-/m.0/s1. The van der Waals surface area contributed by atoms with Crippen molar-refractivity contribution in [3.63, 3.8) is 0 Å². The Bertz CT molecular complexity index is 533. The highest BCUT2D eigenvalue weighted by Crippen LogP contribution is 2.18. The number of carboxylic acid groups (broad SMARTS) is 1. The minimum absolute atomic E-state index is 0.117. The van der Waals surface area contributed by atoms with Gasteiger partial charge in [0.2, 0.25) is 0 Å². The number of methoxy groups -OCH3 is 1. The number of hydrogen-bond donors (Lipinski definition) is 2. The van der Waals surface area contributed by atoms with E-state index < -0.39 is 29.7 Å². The van der Waals surface area contributed by atoms with Gasteiger partial charge in [0.15, 0.2) is 0 Å². The molecule has 0 aliphatic heterocycles. The van der Waals surface area contributed by atoms with Gasteiger partial charge in [-0.25, -0.2) is 4.79 Å². The summed E-state index contributed by atoms with van der Waals surface area (Å²) in [6.07, 6.45) is 13.8. The SMILES string of the molecule is C1CCC([NH2+]C2CCCCC2)CC1.COC(=O)CC[C@H](NC(=O)OC(C)(C)C)C(=O)[O-]. The number of alkyl carbamates (subject to hydrolysis) is 1. The number of nitrogens with one attached hydrogen (secondary N) is 1. The summed E-state index contributed by atoms with van der Waals surface area (Å²) in [5, 5.41) is 15.6. The molecule has 3 N–H and O–H groups in total. The van der Waals surface area contributed by atoms with Crippen molar-refractivity contribution in [2.75, 3.05) is 7.11 Å². The fourth-order valence-corrected chi connectivity index (χ4v) is 4.10. The normalized spacial score (nSPS) is 18.8. The largest absolute Gasteiger partial charge is 0.548 e. The van der Waals surface area contributed by atoms with Crippen LogP contribution in [0.3, 0.4) is 0 Å². The average molecular weight is 443 g/mol. The molecule has 2 aliphatic rings. The lowest BCUT2D eigenvalue weighted by atomic mass is 9.91. The van der Waals surface area contributed by atoms with Crippen molar-refractivity contribution in [3.8, 4) is 0 Å². The Morgan fingerprint density at radius 2 is 1.45 bits per heavy atom. The third-order valence-corrected chi connectivity index (χ3v) is 5.68. The molecule has 0 bridgehead atoms. The summed E-state index contributed by atoms with van der Waals surface area (Å²) in [5.74, 6) is -2.04. The molecule has 0 heterocycles. The van der Waals surface area contributed by atoms with Gasteiger partial charge in [0.05, 0.1) is 31.2 Å². The monoisotopic (exact) mass is 442 g/mol. The van der Waals surface area contributed by atoms with E-state index in [1.165, 1.54) is 71.3 Å². The maximum atomic E-state index is 11.3. The zero-order valence-corrected chi connectivity index (χ0v) is 19.7. The molecule has 0 aromatic heterocycles. The first-order chi connectivity index (χ1) is 14.6. The summed E-state index contributed by atoms with van der Waals surface area (Å²) in [4.78, 5) is 33.0. The molecule has 1 atom stereocenters. The van der Waals surface area contributed by atoms with Crippen LogP contribution in [0.2, 0.25) is 0 Å². The van der Waals surface area contributed by atoms with E-state index in [-0.39, 0.29) is 12.8 Å². The summed E-state index contributed by atoms with van der Waals surface area (Å²) in [7, 11) is 1.19. The van der Waals surface area contributed by atoms with Crippen molar-refractivity contribution in [3.05, 3.63) is 0 Å². The number of carbonyl (C=O) groups is 3.